The normalized spacial score (nSPS) is 18.9. The van der Waals surface area contributed by atoms with Gasteiger partial charge in [-0.05, 0) is 94.0 Å². The van der Waals surface area contributed by atoms with Crippen molar-refractivity contribution < 1.29 is 4.79 Å². The monoisotopic (exact) mass is 430 g/mol. The van der Waals surface area contributed by atoms with Gasteiger partial charge in [0.1, 0.15) is 0 Å². The third kappa shape index (κ3) is 5.70. The highest BCUT2D eigenvalue weighted by Crippen LogP contribution is 2.33. The molecule has 170 valence electrons. The molecule has 0 aliphatic heterocycles. The summed E-state index contributed by atoms with van der Waals surface area (Å²) in [6, 6.07) is 17.1. The van der Waals surface area contributed by atoms with Crippen molar-refractivity contribution in [2.75, 3.05) is 36.0 Å². The Morgan fingerprint density at radius 3 is 1.53 bits per heavy atom. The number of carbonyl (C=O) groups excluding carboxylic acids is 1. The minimum absolute atomic E-state index is 0.199. The van der Waals surface area contributed by atoms with Crippen LogP contribution in [0, 0.1) is 5.92 Å². The molecule has 0 radical (unpaired) electrons. The first kappa shape index (κ1) is 23.8. The number of Topliss-reactive ketones (excluding diaryl/α,β-unsaturated/α-hetero) is 1. The van der Waals surface area contributed by atoms with Gasteiger partial charge in [-0.15, -0.1) is 0 Å². The topological polar surface area (TPSA) is 23.6 Å². The summed E-state index contributed by atoms with van der Waals surface area (Å²) in [5, 5.41) is 0. The van der Waals surface area contributed by atoms with E-state index in [0.29, 0.717) is 5.92 Å². The quantitative estimate of drug-likeness (QED) is 0.428. The third-order valence-corrected chi connectivity index (χ3v) is 6.40. The fourth-order valence-corrected chi connectivity index (χ4v) is 4.67. The number of hydrogen-bond acceptors (Lipinski definition) is 3. The van der Waals surface area contributed by atoms with Crippen LogP contribution in [0.25, 0.3) is 12.2 Å². The van der Waals surface area contributed by atoms with Gasteiger partial charge < -0.3 is 9.80 Å². The first-order valence-corrected chi connectivity index (χ1v) is 12.1. The van der Waals surface area contributed by atoms with Crippen LogP contribution < -0.4 is 9.80 Å². The first-order chi connectivity index (χ1) is 15.5. The van der Waals surface area contributed by atoms with Gasteiger partial charge in [0.2, 0.25) is 0 Å². The van der Waals surface area contributed by atoms with Crippen LogP contribution in [0.4, 0.5) is 11.4 Å². The molecular formula is C29H38N2O. The first-order valence-electron chi connectivity index (χ1n) is 12.1. The Morgan fingerprint density at radius 2 is 1.16 bits per heavy atom. The van der Waals surface area contributed by atoms with E-state index in [2.05, 4.69) is 105 Å². The second kappa shape index (κ2) is 11.2. The van der Waals surface area contributed by atoms with Crippen LogP contribution in [0.1, 0.15) is 58.6 Å². The Balaban J connectivity index is 1.90. The molecule has 0 aromatic heterocycles. The average molecular weight is 431 g/mol. The van der Waals surface area contributed by atoms with E-state index in [4.69, 9.17) is 0 Å². The molecule has 1 aliphatic rings. The van der Waals surface area contributed by atoms with Crippen LogP contribution in [0.3, 0.4) is 0 Å². The summed E-state index contributed by atoms with van der Waals surface area (Å²) in [5.74, 6) is 0.659. The van der Waals surface area contributed by atoms with Crippen LogP contribution in [0.2, 0.25) is 0 Å². The molecule has 0 saturated heterocycles. The van der Waals surface area contributed by atoms with Crippen LogP contribution >= 0.6 is 0 Å². The average Bonchev–Trinajstić information content (AvgIpc) is 2.79. The number of anilines is 2. The molecule has 1 fully saturated rings. The molecule has 0 heterocycles. The van der Waals surface area contributed by atoms with E-state index in [1.807, 2.05) is 0 Å². The zero-order chi connectivity index (χ0) is 23.1. The lowest BCUT2D eigenvalue weighted by molar-refractivity contribution is -0.113. The summed E-state index contributed by atoms with van der Waals surface area (Å²) >= 11 is 0. The van der Waals surface area contributed by atoms with Crippen molar-refractivity contribution in [2.24, 2.45) is 5.92 Å². The molecule has 32 heavy (non-hydrogen) atoms. The van der Waals surface area contributed by atoms with Crippen molar-refractivity contribution >= 4 is 29.3 Å². The molecule has 2 aromatic rings. The number of allylic oxidation sites excluding steroid dienone is 2. The molecule has 0 spiro atoms. The van der Waals surface area contributed by atoms with Gasteiger partial charge in [-0.2, -0.15) is 0 Å². The van der Waals surface area contributed by atoms with Gasteiger partial charge in [0.25, 0.3) is 0 Å². The molecule has 3 nitrogen and oxygen atoms in total. The molecule has 0 bridgehead atoms. The number of nitrogens with zero attached hydrogens (tertiary/aromatic N) is 2. The largest absolute Gasteiger partial charge is 0.372 e. The lowest BCUT2D eigenvalue weighted by atomic mass is 9.80. The minimum atomic E-state index is 0.199. The van der Waals surface area contributed by atoms with E-state index >= 15 is 0 Å². The summed E-state index contributed by atoms with van der Waals surface area (Å²) in [6.45, 7) is 14.9. The number of ketones is 1. The van der Waals surface area contributed by atoms with Crippen molar-refractivity contribution in [1.29, 1.82) is 0 Å². The molecule has 0 amide bonds. The SMILES string of the molecule is CCN(CC)c1cccc(C=C2CC(C)CC(=Cc3cccc(N(CC)CC)c3)C2=O)c1. The maximum atomic E-state index is 13.4. The molecule has 0 unspecified atom stereocenters. The van der Waals surface area contributed by atoms with Gasteiger partial charge >= 0.3 is 0 Å². The van der Waals surface area contributed by atoms with Gasteiger partial charge in [-0.3, -0.25) is 4.79 Å². The fraction of sp³-hybridized carbons (Fsp3) is 0.414. The molecule has 3 heteroatoms. The number of rotatable bonds is 8. The Labute approximate surface area is 194 Å². The maximum absolute atomic E-state index is 13.4. The van der Waals surface area contributed by atoms with Gasteiger partial charge in [-0.1, -0.05) is 31.2 Å². The van der Waals surface area contributed by atoms with Crippen molar-refractivity contribution in [1.82, 2.24) is 0 Å². The number of hydrogen-bond donors (Lipinski definition) is 0. The maximum Gasteiger partial charge on any atom is 0.185 e. The highest BCUT2D eigenvalue weighted by atomic mass is 16.1. The Morgan fingerprint density at radius 1 is 0.750 bits per heavy atom. The third-order valence-electron chi connectivity index (χ3n) is 6.40. The van der Waals surface area contributed by atoms with Crippen LogP contribution in [0.5, 0.6) is 0 Å². The lowest BCUT2D eigenvalue weighted by Gasteiger charge is -2.24. The van der Waals surface area contributed by atoms with Crippen molar-refractivity contribution in [2.45, 2.75) is 47.5 Å². The fourth-order valence-electron chi connectivity index (χ4n) is 4.67. The molecule has 1 saturated carbocycles. The summed E-state index contributed by atoms with van der Waals surface area (Å²) in [7, 11) is 0. The van der Waals surface area contributed by atoms with E-state index in [-0.39, 0.29) is 5.78 Å². The smallest absolute Gasteiger partial charge is 0.185 e. The van der Waals surface area contributed by atoms with Crippen LogP contribution in [0.15, 0.2) is 59.7 Å². The summed E-state index contributed by atoms with van der Waals surface area (Å²) < 4.78 is 0. The van der Waals surface area contributed by atoms with E-state index < -0.39 is 0 Å². The molecule has 2 aromatic carbocycles. The zero-order valence-corrected chi connectivity index (χ0v) is 20.4. The standard InChI is InChI=1S/C29H38N2O/c1-6-30(7-2)27-14-10-12-23(20-27)18-25-16-22(5)17-26(29(25)32)19-24-13-11-15-28(21-24)31(8-3)9-4/h10-15,18-22H,6-9,16-17H2,1-5H3. The van der Waals surface area contributed by atoms with Crippen molar-refractivity contribution in [3.8, 4) is 0 Å². The Bertz CT molecular complexity index is 903. The van der Waals surface area contributed by atoms with Crippen LogP contribution in [-0.4, -0.2) is 32.0 Å². The molecule has 1 aliphatic carbocycles. The van der Waals surface area contributed by atoms with Gasteiger partial charge in [-0.25, -0.2) is 0 Å². The zero-order valence-electron chi connectivity index (χ0n) is 20.4. The molecular weight excluding hydrogens is 392 g/mol. The predicted molar refractivity (Wildman–Crippen MR) is 139 cm³/mol. The van der Waals surface area contributed by atoms with E-state index in [1.165, 1.54) is 11.4 Å². The summed E-state index contributed by atoms with van der Waals surface area (Å²) in [6.07, 6.45) is 5.88. The van der Waals surface area contributed by atoms with Crippen LogP contribution in [-0.2, 0) is 4.79 Å². The van der Waals surface area contributed by atoms with Gasteiger partial charge in [0.05, 0.1) is 0 Å². The predicted octanol–water partition coefficient (Wildman–Crippen LogP) is 6.85. The Kier molecular flexibility index (Phi) is 8.33. The van der Waals surface area contributed by atoms with Crippen molar-refractivity contribution in [3.05, 3.63) is 70.8 Å². The second-order valence-corrected chi connectivity index (χ2v) is 8.72. The number of carbonyl (C=O) groups is 1. The minimum Gasteiger partial charge on any atom is -0.372 e. The van der Waals surface area contributed by atoms with E-state index in [1.54, 1.807) is 0 Å². The second-order valence-electron chi connectivity index (χ2n) is 8.72. The number of benzene rings is 2. The highest BCUT2D eigenvalue weighted by Gasteiger charge is 2.25. The lowest BCUT2D eigenvalue weighted by Crippen LogP contribution is -2.21. The van der Waals surface area contributed by atoms with Gasteiger partial charge in [0.15, 0.2) is 5.78 Å². The van der Waals surface area contributed by atoms with E-state index in [9.17, 15) is 4.79 Å². The molecule has 3 rings (SSSR count). The molecule has 0 atom stereocenters. The summed E-state index contributed by atoms with van der Waals surface area (Å²) in [5.41, 5.74) is 6.48. The highest BCUT2D eigenvalue weighted by molar-refractivity contribution is 6.14. The van der Waals surface area contributed by atoms with Gasteiger partial charge in [0, 0.05) is 48.7 Å². The van der Waals surface area contributed by atoms with E-state index in [0.717, 1.165) is 61.3 Å². The Hall–Kier alpha value is -2.81. The van der Waals surface area contributed by atoms with Crippen molar-refractivity contribution in [3.63, 3.8) is 0 Å². The molecule has 0 N–H and O–H groups in total. The summed E-state index contributed by atoms with van der Waals surface area (Å²) in [4.78, 5) is 18.1.